The van der Waals surface area contributed by atoms with E-state index in [1.807, 2.05) is 0 Å². The van der Waals surface area contributed by atoms with Crippen molar-refractivity contribution in [2.75, 3.05) is 33.3 Å². The Bertz CT molecular complexity index is 306. The molecule has 0 aromatic rings. The van der Waals surface area contributed by atoms with Gasteiger partial charge in [-0.2, -0.15) is 0 Å². The summed E-state index contributed by atoms with van der Waals surface area (Å²) < 4.78 is 5.16. The number of likely N-dealkylation sites (tertiary alicyclic amines) is 1. The molecule has 0 bridgehead atoms. The van der Waals surface area contributed by atoms with E-state index in [9.17, 15) is 9.59 Å². The van der Waals surface area contributed by atoms with Crippen molar-refractivity contribution >= 4 is 12.0 Å². The number of methoxy groups -OCH3 is 1. The normalized spacial score (nSPS) is 19.1. The SMILES string of the molecule is C=CCN(CC(=O)O)C(=O)N1CCC(OC)C1. The first-order chi connectivity index (χ1) is 8.08. The molecule has 6 heteroatoms. The summed E-state index contributed by atoms with van der Waals surface area (Å²) in [6.45, 7) is 4.56. The number of nitrogens with zero attached hydrogens (tertiary/aromatic N) is 2. The van der Waals surface area contributed by atoms with Crippen LogP contribution < -0.4 is 0 Å². The van der Waals surface area contributed by atoms with Gasteiger partial charge in [0.05, 0.1) is 6.10 Å². The van der Waals surface area contributed by atoms with Crippen LogP contribution in [0.2, 0.25) is 0 Å². The van der Waals surface area contributed by atoms with E-state index >= 15 is 0 Å². The van der Waals surface area contributed by atoms with Gasteiger partial charge < -0.3 is 19.6 Å². The van der Waals surface area contributed by atoms with Gasteiger partial charge in [-0.25, -0.2) is 4.79 Å². The minimum atomic E-state index is -1.03. The highest BCUT2D eigenvalue weighted by molar-refractivity contribution is 5.80. The quantitative estimate of drug-likeness (QED) is 0.708. The van der Waals surface area contributed by atoms with E-state index in [-0.39, 0.29) is 25.2 Å². The van der Waals surface area contributed by atoms with E-state index in [1.165, 1.54) is 11.0 Å². The summed E-state index contributed by atoms with van der Waals surface area (Å²) in [5.41, 5.74) is 0. The zero-order chi connectivity index (χ0) is 12.8. The molecule has 1 aliphatic rings. The van der Waals surface area contributed by atoms with Gasteiger partial charge in [0.25, 0.3) is 0 Å². The topological polar surface area (TPSA) is 70.1 Å². The molecule has 0 aliphatic carbocycles. The highest BCUT2D eigenvalue weighted by Crippen LogP contribution is 2.13. The van der Waals surface area contributed by atoms with Crippen molar-refractivity contribution in [2.45, 2.75) is 12.5 Å². The molecule has 0 spiro atoms. The van der Waals surface area contributed by atoms with E-state index in [4.69, 9.17) is 9.84 Å². The van der Waals surface area contributed by atoms with E-state index in [0.717, 1.165) is 6.42 Å². The lowest BCUT2D eigenvalue weighted by Gasteiger charge is -2.25. The summed E-state index contributed by atoms with van der Waals surface area (Å²) in [6, 6.07) is -0.271. The molecule has 0 aromatic carbocycles. The highest BCUT2D eigenvalue weighted by atomic mass is 16.5. The van der Waals surface area contributed by atoms with Crippen LogP contribution in [0.5, 0.6) is 0 Å². The predicted octanol–water partition coefficient (Wildman–Crippen LogP) is 0.400. The first-order valence-electron chi connectivity index (χ1n) is 5.47. The van der Waals surface area contributed by atoms with Crippen LogP contribution in [0, 0.1) is 0 Å². The third-order valence-corrected chi connectivity index (χ3v) is 2.69. The Labute approximate surface area is 100 Å². The fourth-order valence-electron chi connectivity index (χ4n) is 1.82. The standard InChI is InChI=1S/C11H18N2O4/c1-3-5-12(8-10(14)15)11(16)13-6-4-9(7-13)17-2/h3,9H,1,4-8H2,2H3,(H,14,15). The van der Waals surface area contributed by atoms with Crippen molar-refractivity contribution in [3.05, 3.63) is 12.7 Å². The predicted molar refractivity (Wildman–Crippen MR) is 61.8 cm³/mol. The maximum absolute atomic E-state index is 12.0. The molecule has 0 saturated carbocycles. The van der Waals surface area contributed by atoms with Crippen molar-refractivity contribution in [3.8, 4) is 0 Å². The van der Waals surface area contributed by atoms with Crippen LogP contribution >= 0.6 is 0 Å². The fourth-order valence-corrected chi connectivity index (χ4v) is 1.82. The monoisotopic (exact) mass is 242 g/mol. The molecule has 1 saturated heterocycles. The van der Waals surface area contributed by atoms with Crippen LogP contribution in [0.4, 0.5) is 4.79 Å². The Balaban J connectivity index is 2.58. The number of carboxylic acid groups (broad SMARTS) is 1. The highest BCUT2D eigenvalue weighted by Gasteiger charge is 2.29. The number of carbonyl (C=O) groups is 2. The average molecular weight is 242 g/mol. The van der Waals surface area contributed by atoms with Gasteiger partial charge in [-0.1, -0.05) is 6.08 Å². The molecule has 96 valence electrons. The number of carboxylic acids is 1. The van der Waals surface area contributed by atoms with Crippen LogP contribution in [0.25, 0.3) is 0 Å². The minimum Gasteiger partial charge on any atom is -0.480 e. The Morgan fingerprint density at radius 3 is 2.82 bits per heavy atom. The maximum Gasteiger partial charge on any atom is 0.323 e. The number of rotatable bonds is 5. The summed E-state index contributed by atoms with van der Waals surface area (Å²) >= 11 is 0. The van der Waals surface area contributed by atoms with Crippen molar-refractivity contribution < 1.29 is 19.4 Å². The molecule has 17 heavy (non-hydrogen) atoms. The average Bonchev–Trinajstić information content (AvgIpc) is 2.75. The lowest BCUT2D eigenvalue weighted by Crippen LogP contribution is -2.44. The fraction of sp³-hybridized carbons (Fsp3) is 0.636. The molecule has 0 aromatic heterocycles. The van der Waals surface area contributed by atoms with Crippen molar-refractivity contribution in [2.24, 2.45) is 0 Å². The summed E-state index contributed by atoms with van der Waals surface area (Å²) in [5.74, 6) is -1.03. The lowest BCUT2D eigenvalue weighted by atomic mass is 10.3. The van der Waals surface area contributed by atoms with Gasteiger partial charge in [0, 0.05) is 26.7 Å². The van der Waals surface area contributed by atoms with Gasteiger partial charge in [0.1, 0.15) is 6.54 Å². The number of carbonyl (C=O) groups excluding carboxylic acids is 1. The van der Waals surface area contributed by atoms with E-state index in [0.29, 0.717) is 13.1 Å². The van der Waals surface area contributed by atoms with Gasteiger partial charge in [-0.3, -0.25) is 4.79 Å². The largest absolute Gasteiger partial charge is 0.480 e. The molecule has 0 radical (unpaired) electrons. The number of aliphatic carboxylic acids is 1. The molecular formula is C11H18N2O4. The Hall–Kier alpha value is -1.56. The third kappa shape index (κ3) is 3.74. The summed E-state index contributed by atoms with van der Waals surface area (Å²) in [6.07, 6.45) is 2.36. The molecule has 1 N–H and O–H groups in total. The number of ether oxygens (including phenoxy) is 1. The Kier molecular flexibility index (Phi) is 4.96. The second-order valence-electron chi connectivity index (χ2n) is 3.94. The Morgan fingerprint density at radius 1 is 1.65 bits per heavy atom. The molecular weight excluding hydrogens is 224 g/mol. The van der Waals surface area contributed by atoms with Gasteiger partial charge in [-0.05, 0) is 6.42 Å². The van der Waals surface area contributed by atoms with Crippen molar-refractivity contribution in [1.82, 2.24) is 9.80 Å². The number of urea groups is 1. The summed E-state index contributed by atoms with van der Waals surface area (Å²) in [4.78, 5) is 25.5. The van der Waals surface area contributed by atoms with Crippen LogP contribution in [-0.4, -0.2) is 66.3 Å². The van der Waals surface area contributed by atoms with E-state index in [2.05, 4.69) is 6.58 Å². The van der Waals surface area contributed by atoms with Crippen molar-refractivity contribution in [3.63, 3.8) is 0 Å². The third-order valence-electron chi connectivity index (χ3n) is 2.69. The summed E-state index contributed by atoms with van der Waals surface area (Å²) in [5, 5.41) is 8.73. The molecule has 1 rings (SSSR count). The van der Waals surface area contributed by atoms with Gasteiger partial charge in [0.2, 0.25) is 0 Å². The van der Waals surface area contributed by atoms with Crippen LogP contribution in [0.3, 0.4) is 0 Å². The number of hydrogen-bond donors (Lipinski definition) is 1. The molecule has 1 aliphatic heterocycles. The van der Waals surface area contributed by atoms with E-state index < -0.39 is 5.97 Å². The first-order valence-corrected chi connectivity index (χ1v) is 5.47. The minimum absolute atomic E-state index is 0.0503. The van der Waals surface area contributed by atoms with Crippen molar-refractivity contribution in [1.29, 1.82) is 0 Å². The smallest absolute Gasteiger partial charge is 0.323 e. The van der Waals surface area contributed by atoms with E-state index in [1.54, 1.807) is 12.0 Å². The second-order valence-corrected chi connectivity index (χ2v) is 3.94. The van der Waals surface area contributed by atoms with Crippen LogP contribution in [0.15, 0.2) is 12.7 Å². The molecule has 6 nitrogen and oxygen atoms in total. The second kappa shape index (κ2) is 6.24. The number of hydrogen-bond acceptors (Lipinski definition) is 3. The zero-order valence-corrected chi connectivity index (χ0v) is 9.96. The zero-order valence-electron chi connectivity index (χ0n) is 9.96. The molecule has 1 heterocycles. The van der Waals surface area contributed by atoms with Gasteiger partial charge >= 0.3 is 12.0 Å². The molecule has 1 unspecified atom stereocenters. The van der Waals surface area contributed by atoms with Gasteiger partial charge in [0.15, 0.2) is 0 Å². The van der Waals surface area contributed by atoms with Crippen LogP contribution in [-0.2, 0) is 9.53 Å². The molecule has 1 atom stereocenters. The maximum atomic E-state index is 12.0. The molecule has 2 amide bonds. The lowest BCUT2D eigenvalue weighted by molar-refractivity contribution is -0.137. The summed E-state index contributed by atoms with van der Waals surface area (Å²) in [7, 11) is 1.61. The Morgan fingerprint density at radius 2 is 2.35 bits per heavy atom. The van der Waals surface area contributed by atoms with Gasteiger partial charge in [-0.15, -0.1) is 6.58 Å². The number of amides is 2. The van der Waals surface area contributed by atoms with Crippen LogP contribution in [0.1, 0.15) is 6.42 Å². The molecule has 1 fully saturated rings. The first kappa shape index (κ1) is 13.5.